The Morgan fingerprint density at radius 1 is 1.24 bits per heavy atom. The summed E-state index contributed by atoms with van der Waals surface area (Å²) < 4.78 is 7.98. The maximum absolute atomic E-state index is 5.82. The molecular weight excluding hydrogens is 310 g/mol. The van der Waals surface area contributed by atoms with E-state index in [1.165, 1.54) is 23.7 Å². The molecule has 132 valence electrons. The van der Waals surface area contributed by atoms with E-state index in [0.29, 0.717) is 30.7 Å². The molecule has 2 aliphatic rings. The summed E-state index contributed by atoms with van der Waals surface area (Å²) in [5.74, 6) is 3.18. The van der Waals surface area contributed by atoms with Crippen molar-refractivity contribution in [1.29, 1.82) is 0 Å². The SMILES string of the molecule is C#CCOC1C[C@H]2CC[C@H](C1)N2C[C@@H](C)Cn1ncc2ccccc21. The Hall–Kier alpha value is -1.83. The van der Waals surface area contributed by atoms with E-state index in [9.17, 15) is 0 Å². The quantitative estimate of drug-likeness (QED) is 0.758. The highest BCUT2D eigenvalue weighted by molar-refractivity contribution is 5.78. The largest absolute Gasteiger partial charge is 0.365 e. The molecule has 0 saturated carbocycles. The molecule has 4 rings (SSSR count). The summed E-state index contributed by atoms with van der Waals surface area (Å²) in [6.45, 7) is 4.91. The average molecular weight is 337 g/mol. The standard InChI is InChI=1S/C21H27N3O/c1-3-10-25-20-11-18-8-9-19(12-20)23(18)14-16(2)15-24-21-7-5-4-6-17(21)13-22-24/h1,4-7,13,16,18-20H,8-12,14-15H2,2H3/t16-,18-,19-/m1/s1. The zero-order valence-corrected chi connectivity index (χ0v) is 15.0. The molecule has 0 radical (unpaired) electrons. The third-order valence-corrected chi connectivity index (χ3v) is 5.80. The van der Waals surface area contributed by atoms with Gasteiger partial charge in [0.25, 0.3) is 0 Å². The van der Waals surface area contributed by atoms with Gasteiger partial charge in [-0.15, -0.1) is 6.42 Å². The van der Waals surface area contributed by atoms with Gasteiger partial charge in [-0.3, -0.25) is 9.58 Å². The van der Waals surface area contributed by atoms with Crippen molar-refractivity contribution < 1.29 is 4.74 Å². The molecule has 2 bridgehead atoms. The highest BCUT2D eigenvalue weighted by atomic mass is 16.5. The van der Waals surface area contributed by atoms with Crippen molar-refractivity contribution >= 4 is 10.9 Å². The Bertz CT molecular complexity index is 748. The van der Waals surface area contributed by atoms with Gasteiger partial charge < -0.3 is 4.74 Å². The maximum atomic E-state index is 5.82. The Labute approximate surface area is 150 Å². The molecular formula is C21H27N3O. The minimum atomic E-state index is 0.357. The normalized spacial score (nSPS) is 27.4. The van der Waals surface area contributed by atoms with Gasteiger partial charge in [0.2, 0.25) is 0 Å². The number of nitrogens with zero attached hydrogens (tertiary/aromatic N) is 3. The summed E-state index contributed by atoms with van der Waals surface area (Å²) in [4.78, 5) is 2.73. The minimum Gasteiger partial charge on any atom is -0.365 e. The number of aromatic nitrogens is 2. The van der Waals surface area contributed by atoms with Gasteiger partial charge in [0.05, 0.1) is 17.8 Å². The summed E-state index contributed by atoms with van der Waals surface area (Å²) in [6.07, 6.45) is 12.5. The fourth-order valence-electron chi connectivity index (χ4n) is 4.71. The van der Waals surface area contributed by atoms with Crippen LogP contribution in [0.1, 0.15) is 32.6 Å². The van der Waals surface area contributed by atoms with E-state index < -0.39 is 0 Å². The second kappa shape index (κ2) is 7.19. The van der Waals surface area contributed by atoms with Crippen LogP contribution in [0, 0.1) is 18.3 Å². The van der Waals surface area contributed by atoms with E-state index in [-0.39, 0.29) is 0 Å². The van der Waals surface area contributed by atoms with Crippen LogP contribution in [-0.2, 0) is 11.3 Å². The third kappa shape index (κ3) is 3.44. The lowest BCUT2D eigenvalue weighted by molar-refractivity contribution is -0.0117. The van der Waals surface area contributed by atoms with E-state index in [1.54, 1.807) is 0 Å². The first-order valence-corrected chi connectivity index (χ1v) is 9.46. The number of fused-ring (bicyclic) bond motifs is 3. The van der Waals surface area contributed by atoms with Gasteiger partial charge in [-0.1, -0.05) is 31.0 Å². The fourth-order valence-corrected chi connectivity index (χ4v) is 4.71. The smallest absolute Gasteiger partial charge is 0.107 e. The number of piperidine rings is 1. The molecule has 0 spiro atoms. The van der Waals surface area contributed by atoms with Crippen LogP contribution in [0.2, 0.25) is 0 Å². The lowest BCUT2D eigenvalue weighted by atomic mass is 9.98. The molecule has 0 unspecified atom stereocenters. The molecule has 4 nitrogen and oxygen atoms in total. The number of terminal acetylenes is 1. The van der Waals surface area contributed by atoms with Crippen molar-refractivity contribution in [3.8, 4) is 12.3 Å². The first-order chi connectivity index (χ1) is 12.2. The van der Waals surface area contributed by atoms with Gasteiger partial charge in [0, 0.05) is 30.6 Å². The maximum Gasteiger partial charge on any atom is 0.107 e. The predicted molar refractivity (Wildman–Crippen MR) is 100 cm³/mol. The van der Waals surface area contributed by atoms with Crippen LogP contribution in [0.4, 0.5) is 0 Å². The van der Waals surface area contributed by atoms with Crippen LogP contribution in [0.3, 0.4) is 0 Å². The van der Waals surface area contributed by atoms with Crippen molar-refractivity contribution in [2.75, 3.05) is 13.2 Å². The second-order valence-electron chi connectivity index (χ2n) is 7.68. The van der Waals surface area contributed by atoms with Crippen LogP contribution < -0.4 is 0 Å². The summed E-state index contributed by atoms with van der Waals surface area (Å²) >= 11 is 0. The van der Waals surface area contributed by atoms with E-state index in [4.69, 9.17) is 11.2 Å². The number of para-hydroxylation sites is 1. The number of ether oxygens (including phenoxy) is 1. The Kier molecular flexibility index (Phi) is 4.78. The van der Waals surface area contributed by atoms with Crippen molar-refractivity contribution in [2.45, 2.75) is 57.3 Å². The van der Waals surface area contributed by atoms with Crippen LogP contribution >= 0.6 is 0 Å². The summed E-state index contributed by atoms with van der Waals surface area (Å²) in [6, 6.07) is 9.78. The summed E-state index contributed by atoms with van der Waals surface area (Å²) in [5, 5.41) is 5.81. The lowest BCUT2D eigenvalue weighted by Gasteiger charge is -2.40. The molecule has 2 fully saturated rings. The minimum absolute atomic E-state index is 0.357. The van der Waals surface area contributed by atoms with Crippen LogP contribution in [-0.4, -0.2) is 46.0 Å². The van der Waals surface area contributed by atoms with E-state index in [2.05, 4.69) is 51.8 Å². The molecule has 2 saturated heterocycles. The highest BCUT2D eigenvalue weighted by Gasteiger charge is 2.41. The molecule has 2 aliphatic heterocycles. The van der Waals surface area contributed by atoms with Gasteiger partial charge in [-0.2, -0.15) is 5.10 Å². The Morgan fingerprint density at radius 2 is 2.00 bits per heavy atom. The number of hydrogen-bond donors (Lipinski definition) is 0. The van der Waals surface area contributed by atoms with Crippen molar-refractivity contribution in [3.63, 3.8) is 0 Å². The van der Waals surface area contributed by atoms with Gasteiger partial charge in [0.15, 0.2) is 0 Å². The molecule has 0 amide bonds. The van der Waals surface area contributed by atoms with Gasteiger partial charge in [-0.05, 0) is 37.7 Å². The highest BCUT2D eigenvalue weighted by Crippen LogP contribution is 2.37. The molecule has 3 heterocycles. The second-order valence-corrected chi connectivity index (χ2v) is 7.68. The fraction of sp³-hybridized carbons (Fsp3) is 0.571. The topological polar surface area (TPSA) is 30.3 Å². The Balaban J connectivity index is 1.37. The number of rotatable bonds is 6. The van der Waals surface area contributed by atoms with E-state index >= 15 is 0 Å². The first-order valence-electron chi connectivity index (χ1n) is 9.46. The van der Waals surface area contributed by atoms with Gasteiger partial charge in [0.1, 0.15) is 6.61 Å². The molecule has 25 heavy (non-hydrogen) atoms. The average Bonchev–Trinajstić information content (AvgIpc) is 3.11. The first kappa shape index (κ1) is 16.6. The van der Waals surface area contributed by atoms with Crippen LogP contribution in [0.5, 0.6) is 0 Å². The number of hydrogen-bond acceptors (Lipinski definition) is 3. The predicted octanol–water partition coefficient (Wildman–Crippen LogP) is 3.32. The van der Waals surface area contributed by atoms with Crippen LogP contribution in [0.25, 0.3) is 10.9 Å². The third-order valence-electron chi connectivity index (χ3n) is 5.80. The zero-order valence-electron chi connectivity index (χ0n) is 15.0. The zero-order chi connectivity index (χ0) is 17.2. The monoisotopic (exact) mass is 337 g/mol. The van der Waals surface area contributed by atoms with Crippen molar-refractivity contribution in [3.05, 3.63) is 30.5 Å². The van der Waals surface area contributed by atoms with E-state index in [0.717, 1.165) is 25.9 Å². The summed E-state index contributed by atoms with van der Waals surface area (Å²) in [7, 11) is 0. The molecule has 1 aromatic heterocycles. The van der Waals surface area contributed by atoms with Crippen LogP contribution in [0.15, 0.2) is 30.5 Å². The molecule has 2 aromatic rings. The Morgan fingerprint density at radius 3 is 2.76 bits per heavy atom. The molecule has 4 heteroatoms. The molecule has 0 N–H and O–H groups in total. The molecule has 0 aliphatic carbocycles. The van der Waals surface area contributed by atoms with Gasteiger partial charge in [-0.25, -0.2) is 0 Å². The number of benzene rings is 1. The van der Waals surface area contributed by atoms with Crippen molar-refractivity contribution in [2.24, 2.45) is 5.92 Å². The summed E-state index contributed by atoms with van der Waals surface area (Å²) in [5.41, 5.74) is 1.23. The van der Waals surface area contributed by atoms with E-state index in [1.807, 2.05) is 6.20 Å². The molecule has 1 aromatic carbocycles. The van der Waals surface area contributed by atoms with Crippen molar-refractivity contribution in [1.82, 2.24) is 14.7 Å². The van der Waals surface area contributed by atoms with Gasteiger partial charge >= 0.3 is 0 Å². The lowest BCUT2D eigenvalue weighted by Crippen LogP contribution is -2.47. The molecule has 3 atom stereocenters.